The van der Waals surface area contributed by atoms with Gasteiger partial charge in [0.1, 0.15) is 0 Å². The number of hydrazone groups is 1. The van der Waals surface area contributed by atoms with E-state index in [1.807, 2.05) is 39.0 Å². The van der Waals surface area contributed by atoms with Crippen LogP contribution < -0.4 is 25.5 Å². The number of anilines is 1. The molecule has 0 saturated carbocycles. The van der Waals surface area contributed by atoms with Gasteiger partial charge in [0.25, 0.3) is 5.91 Å². The first kappa shape index (κ1) is 26.8. The number of hydrogen-bond donors (Lipinski definition) is 3. The molecule has 9 nitrogen and oxygen atoms in total. The van der Waals surface area contributed by atoms with Crippen molar-refractivity contribution in [2.75, 3.05) is 19.0 Å². The molecule has 3 amide bonds. The fourth-order valence-corrected chi connectivity index (χ4v) is 3.46. The number of hydrogen-bond acceptors (Lipinski definition) is 6. The van der Waals surface area contributed by atoms with E-state index in [9.17, 15) is 14.4 Å². The number of carbonyl (C=O) groups is 3. The molecule has 0 aliphatic heterocycles. The summed E-state index contributed by atoms with van der Waals surface area (Å²) in [5.74, 6) is -1.23. The molecule has 0 unspecified atom stereocenters. The maximum Gasteiger partial charge on any atom is 0.329 e. The van der Waals surface area contributed by atoms with Crippen molar-refractivity contribution in [2.24, 2.45) is 5.10 Å². The summed E-state index contributed by atoms with van der Waals surface area (Å²) < 4.78 is 11.6. The number of methoxy groups -OCH3 is 1. The Morgan fingerprint density at radius 3 is 2.44 bits per heavy atom. The second-order valence-corrected chi connectivity index (χ2v) is 8.47. The molecule has 3 N–H and O–H groups in total. The van der Waals surface area contributed by atoms with Gasteiger partial charge in [-0.1, -0.05) is 25.1 Å². The Kier molecular flexibility index (Phi) is 10.1. The highest BCUT2D eigenvalue weighted by Crippen LogP contribution is 2.36. The van der Waals surface area contributed by atoms with Crippen molar-refractivity contribution in [3.8, 4) is 11.5 Å². The molecule has 0 fully saturated rings. The SMILES string of the molecule is CC[C@H](C)NC(=O)C(=O)N/N=C\c1cc(Br)c(OCC(=O)Nc2c(C)cccc2C)c(OC)c1. The third-order valence-electron chi connectivity index (χ3n) is 4.92. The molecular formula is C24H29BrN4O5. The first-order valence-corrected chi connectivity index (χ1v) is 11.5. The molecule has 0 radical (unpaired) electrons. The van der Waals surface area contributed by atoms with Crippen molar-refractivity contribution in [1.29, 1.82) is 0 Å². The summed E-state index contributed by atoms with van der Waals surface area (Å²) >= 11 is 3.41. The highest BCUT2D eigenvalue weighted by Gasteiger charge is 2.16. The minimum absolute atomic E-state index is 0.113. The van der Waals surface area contributed by atoms with Crippen LogP contribution in [-0.4, -0.2) is 43.7 Å². The van der Waals surface area contributed by atoms with Gasteiger partial charge in [-0.2, -0.15) is 5.10 Å². The van der Waals surface area contributed by atoms with E-state index in [1.54, 1.807) is 19.1 Å². The zero-order valence-corrected chi connectivity index (χ0v) is 21.4. The number of amides is 3. The van der Waals surface area contributed by atoms with Gasteiger partial charge in [0, 0.05) is 11.7 Å². The molecule has 0 aromatic heterocycles. The van der Waals surface area contributed by atoms with Crippen molar-refractivity contribution in [3.05, 3.63) is 51.5 Å². The Balaban J connectivity index is 2.02. The molecule has 1 atom stereocenters. The third-order valence-corrected chi connectivity index (χ3v) is 5.51. The molecule has 2 aromatic carbocycles. The van der Waals surface area contributed by atoms with E-state index in [-0.39, 0.29) is 18.6 Å². The summed E-state index contributed by atoms with van der Waals surface area (Å²) in [6, 6.07) is 8.96. The van der Waals surface area contributed by atoms with Crippen molar-refractivity contribution >= 4 is 45.6 Å². The van der Waals surface area contributed by atoms with Crippen LogP contribution in [-0.2, 0) is 14.4 Å². The minimum Gasteiger partial charge on any atom is -0.493 e. The Morgan fingerprint density at radius 2 is 1.82 bits per heavy atom. The summed E-state index contributed by atoms with van der Waals surface area (Å²) in [5.41, 5.74) is 5.43. The second kappa shape index (κ2) is 12.7. The maximum atomic E-state index is 12.4. The van der Waals surface area contributed by atoms with Gasteiger partial charge in [0.2, 0.25) is 0 Å². The molecule has 0 bridgehead atoms. The lowest BCUT2D eigenvalue weighted by molar-refractivity contribution is -0.139. The zero-order valence-electron chi connectivity index (χ0n) is 19.8. The van der Waals surface area contributed by atoms with Crippen LogP contribution in [0.3, 0.4) is 0 Å². The topological polar surface area (TPSA) is 118 Å². The predicted molar refractivity (Wildman–Crippen MR) is 134 cm³/mol. The molecule has 34 heavy (non-hydrogen) atoms. The van der Waals surface area contributed by atoms with E-state index >= 15 is 0 Å². The maximum absolute atomic E-state index is 12.4. The van der Waals surface area contributed by atoms with E-state index < -0.39 is 11.8 Å². The number of carbonyl (C=O) groups excluding carboxylic acids is 3. The second-order valence-electron chi connectivity index (χ2n) is 7.62. The lowest BCUT2D eigenvalue weighted by Crippen LogP contribution is -2.41. The monoisotopic (exact) mass is 532 g/mol. The van der Waals surface area contributed by atoms with E-state index in [0.717, 1.165) is 16.8 Å². The van der Waals surface area contributed by atoms with Crippen molar-refractivity contribution < 1.29 is 23.9 Å². The molecule has 0 saturated heterocycles. The van der Waals surface area contributed by atoms with Gasteiger partial charge >= 0.3 is 11.8 Å². The number of aryl methyl sites for hydroxylation is 2. The Bertz CT molecular complexity index is 1070. The van der Waals surface area contributed by atoms with Crippen LogP contribution >= 0.6 is 15.9 Å². The van der Waals surface area contributed by atoms with E-state index in [2.05, 4.69) is 37.1 Å². The molecule has 10 heteroatoms. The average Bonchev–Trinajstić information content (AvgIpc) is 2.80. The largest absolute Gasteiger partial charge is 0.493 e. The standard InChI is InChI=1S/C24H29BrN4O5/c1-6-16(4)27-23(31)24(32)29-26-12-17-10-18(25)22(19(11-17)33-5)34-13-20(30)28-21-14(2)8-7-9-15(21)3/h7-12,16H,6,13H2,1-5H3,(H,27,31)(H,28,30)(H,29,32)/b26-12-/t16-/m0/s1. The number of halogens is 1. The summed E-state index contributed by atoms with van der Waals surface area (Å²) in [6.07, 6.45) is 2.07. The normalized spacial score (nSPS) is 11.6. The molecule has 0 aliphatic rings. The quantitative estimate of drug-likeness (QED) is 0.259. The number of nitrogens with one attached hydrogen (secondary N) is 3. The zero-order chi connectivity index (χ0) is 25.3. The van der Waals surface area contributed by atoms with Crippen molar-refractivity contribution in [2.45, 2.75) is 40.2 Å². The molecule has 0 spiro atoms. The van der Waals surface area contributed by atoms with Crippen LogP contribution in [0.1, 0.15) is 37.0 Å². The van der Waals surface area contributed by atoms with Crippen LogP contribution in [0.4, 0.5) is 5.69 Å². The van der Waals surface area contributed by atoms with Gasteiger partial charge in [0.05, 0.1) is 17.8 Å². The van der Waals surface area contributed by atoms with Crippen LogP contribution in [0, 0.1) is 13.8 Å². The smallest absolute Gasteiger partial charge is 0.329 e. The number of benzene rings is 2. The fraction of sp³-hybridized carbons (Fsp3) is 0.333. The van der Waals surface area contributed by atoms with E-state index in [4.69, 9.17) is 9.47 Å². The Labute approximate surface area is 207 Å². The Morgan fingerprint density at radius 1 is 1.15 bits per heavy atom. The number of nitrogens with zero attached hydrogens (tertiary/aromatic N) is 1. The number of ether oxygens (including phenoxy) is 2. The summed E-state index contributed by atoms with van der Waals surface area (Å²) in [7, 11) is 1.47. The van der Waals surface area contributed by atoms with Crippen LogP contribution in [0.25, 0.3) is 0 Å². The molecular weight excluding hydrogens is 504 g/mol. The molecule has 182 valence electrons. The fourth-order valence-electron chi connectivity index (χ4n) is 2.89. The number of rotatable bonds is 9. The molecule has 2 rings (SSSR count). The third kappa shape index (κ3) is 7.58. The molecule has 2 aromatic rings. The van der Waals surface area contributed by atoms with Gasteiger partial charge in [-0.05, 0) is 71.9 Å². The molecule has 0 heterocycles. The summed E-state index contributed by atoms with van der Waals surface area (Å²) in [4.78, 5) is 36.0. The van der Waals surface area contributed by atoms with Gasteiger partial charge in [-0.15, -0.1) is 0 Å². The highest BCUT2D eigenvalue weighted by atomic mass is 79.9. The van der Waals surface area contributed by atoms with Gasteiger partial charge in [0.15, 0.2) is 18.1 Å². The van der Waals surface area contributed by atoms with Crippen LogP contribution in [0.5, 0.6) is 11.5 Å². The minimum atomic E-state index is -0.863. The highest BCUT2D eigenvalue weighted by molar-refractivity contribution is 9.10. The van der Waals surface area contributed by atoms with Crippen molar-refractivity contribution in [3.63, 3.8) is 0 Å². The first-order chi connectivity index (χ1) is 16.2. The van der Waals surface area contributed by atoms with Gasteiger partial charge in [-0.3, -0.25) is 14.4 Å². The number of para-hydroxylation sites is 1. The Hall–Kier alpha value is -3.40. The average molecular weight is 533 g/mol. The lowest BCUT2D eigenvalue weighted by Gasteiger charge is -2.15. The summed E-state index contributed by atoms with van der Waals surface area (Å²) in [6.45, 7) is 7.32. The van der Waals surface area contributed by atoms with E-state index in [0.29, 0.717) is 28.0 Å². The summed E-state index contributed by atoms with van der Waals surface area (Å²) in [5, 5.41) is 9.23. The van der Waals surface area contributed by atoms with Gasteiger partial charge < -0.3 is 20.1 Å². The predicted octanol–water partition coefficient (Wildman–Crippen LogP) is 3.46. The van der Waals surface area contributed by atoms with E-state index in [1.165, 1.54) is 13.3 Å². The van der Waals surface area contributed by atoms with Crippen LogP contribution in [0.15, 0.2) is 39.9 Å². The van der Waals surface area contributed by atoms with Crippen LogP contribution in [0.2, 0.25) is 0 Å². The van der Waals surface area contributed by atoms with Gasteiger partial charge in [-0.25, -0.2) is 5.43 Å². The molecule has 0 aliphatic carbocycles. The lowest BCUT2D eigenvalue weighted by atomic mass is 10.1. The first-order valence-electron chi connectivity index (χ1n) is 10.7. The van der Waals surface area contributed by atoms with Crippen molar-refractivity contribution in [1.82, 2.24) is 10.7 Å².